The van der Waals surface area contributed by atoms with Crippen LogP contribution in [-0.2, 0) is 14.8 Å². The lowest BCUT2D eigenvalue weighted by Gasteiger charge is -2.41. The van der Waals surface area contributed by atoms with Crippen LogP contribution in [0.25, 0.3) is 0 Å². The van der Waals surface area contributed by atoms with Crippen LogP contribution in [0.3, 0.4) is 0 Å². The molecule has 1 amide bonds. The first-order chi connectivity index (χ1) is 9.26. The Balaban J connectivity index is 2.31. The molecule has 20 heavy (non-hydrogen) atoms. The van der Waals surface area contributed by atoms with Crippen molar-refractivity contribution in [3.63, 3.8) is 0 Å². The summed E-state index contributed by atoms with van der Waals surface area (Å²) in [6, 6.07) is 5.05. The maximum atomic E-state index is 12.5. The summed E-state index contributed by atoms with van der Waals surface area (Å²) in [4.78, 5) is 11.3. The predicted molar refractivity (Wildman–Crippen MR) is 79.6 cm³/mol. The van der Waals surface area contributed by atoms with Gasteiger partial charge in [0.15, 0.2) is 0 Å². The average molecular weight is 361 g/mol. The number of amides is 1. The van der Waals surface area contributed by atoms with E-state index < -0.39 is 21.5 Å². The summed E-state index contributed by atoms with van der Waals surface area (Å²) < 4.78 is 28.2. The van der Waals surface area contributed by atoms with E-state index in [4.69, 9.17) is 5.73 Å². The summed E-state index contributed by atoms with van der Waals surface area (Å²) in [5.74, 6) is -0.490. The molecule has 0 bridgehead atoms. The van der Waals surface area contributed by atoms with Crippen LogP contribution in [0.5, 0.6) is 0 Å². The quantitative estimate of drug-likeness (QED) is 0.839. The Hall–Kier alpha value is -0.920. The van der Waals surface area contributed by atoms with Gasteiger partial charge in [0.2, 0.25) is 15.9 Å². The van der Waals surface area contributed by atoms with Crippen LogP contribution in [0.1, 0.15) is 31.2 Å². The molecule has 0 aromatic heterocycles. The van der Waals surface area contributed by atoms with Crippen molar-refractivity contribution in [1.29, 1.82) is 0 Å². The zero-order valence-corrected chi connectivity index (χ0v) is 13.6. The number of nitrogens with one attached hydrogen (secondary N) is 1. The Morgan fingerprint density at radius 1 is 1.45 bits per heavy atom. The number of benzene rings is 1. The Kier molecular flexibility index (Phi) is 4.22. The van der Waals surface area contributed by atoms with Crippen molar-refractivity contribution in [1.82, 2.24) is 4.72 Å². The van der Waals surface area contributed by atoms with Crippen molar-refractivity contribution in [2.45, 2.75) is 43.0 Å². The van der Waals surface area contributed by atoms with Gasteiger partial charge in [-0.05, 0) is 53.7 Å². The fraction of sp³-hybridized carbons (Fsp3) is 0.462. The van der Waals surface area contributed by atoms with Crippen LogP contribution in [-0.4, -0.2) is 19.9 Å². The minimum absolute atomic E-state index is 0.0374. The monoisotopic (exact) mass is 360 g/mol. The van der Waals surface area contributed by atoms with Gasteiger partial charge in [-0.2, -0.15) is 0 Å². The lowest BCUT2D eigenvalue weighted by Crippen LogP contribution is -2.55. The molecule has 0 aliphatic heterocycles. The fourth-order valence-corrected chi connectivity index (χ4v) is 4.93. The molecule has 1 fully saturated rings. The van der Waals surface area contributed by atoms with Crippen molar-refractivity contribution in [3.05, 3.63) is 28.2 Å². The van der Waals surface area contributed by atoms with E-state index >= 15 is 0 Å². The van der Waals surface area contributed by atoms with Crippen molar-refractivity contribution < 1.29 is 13.2 Å². The summed E-state index contributed by atoms with van der Waals surface area (Å²) in [6.07, 6.45) is 2.21. The second-order valence-electron chi connectivity index (χ2n) is 5.27. The highest BCUT2D eigenvalue weighted by Gasteiger charge is 2.42. The van der Waals surface area contributed by atoms with Gasteiger partial charge >= 0.3 is 0 Å². The molecule has 1 aliphatic carbocycles. The third-order valence-electron chi connectivity index (χ3n) is 3.62. The molecule has 7 heteroatoms. The zero-order chi connectivity index (χ0) is 15.0. The molecule has 0 heterocycles. The fourth-order valence-electron chi connectivity index (χ4n) is 2.42. The first-order valence-electron chi connectivity index (χ1n) is 6.33. The third-order valence-corrected chi connectivity index (χ3v) is 6.56. The summed E-state index contributed by atoms with van der Waals surface area (Å²) in [6.45, 7) is 1.83. The number of hydrogen-bond acceptors (Lipinski definition) is 3. The van der Waals surface area contributed by atoms with Crippen LogP contribution >= 0.6 is 15.9 Å². The van der Waals surface area contributed by atoms with E-state index in [1.165, 1.54) is 6.07 Å². The molecule has 1 saturated carbocycles. The summed E-state index contributed by atoms with van der Waals surface area (Å²) in [7, 11) is -3.68. The van der Waals surface area contributed by atoms with Gasteiger partial charge in [-0.25, -0.2) is 13.1 Å². The Morgan fingerprint density at radius 2 is 2.10 bits per heavy atom. The van der Waals surface area contributed by atoms with Crippen LogP contribution in [0.2, 0.25) is 0 Å². The molecule has 0 spiro atoms. The predicted octanol–water partition coefficient (Wildman–Crippen LogP) is 1.83. The highest BCUT2D eigenvalue weighted by Crippen LogP contribution is 2.37. The van der Waals surface area contributed by atoms with Crippen molar-refractivity contribution in [3.8, 4) is 0 Å². The summed E-state index contributed by atoms with van der Waals surface area (Å²) >= 11 is 3.30. The SMILES string of the molecule is Cc1cccc(S(=O)(=O)NC2(CC(N)=O)CCC2)c1Br. The van der Waals surface area contributed by atoms with Gasteiger partial charge in [-0.1, -0.05) is 12.1 Å². The molecule has 110 valence electrons. The van der Waals surface area contributed by atoms with Crippen LogP contribution in [0.4, 0.5) is 0 Å². The lowest BCUT2D eigenvalue weighted by molar-refractivity contribution is -0.120. The number of halogens is 1. The first kappa shape index (κ1) is 15.5. The highest BCUT2D eigenvalue weighted by atomic mass is 79.9. The van der Waals surface area contributed by atoms with Gasteiger partial charge in [0.1, 0.15) is 0 Å². The maximum Gasteiger partial charge on any atom is 0.242 e. The molecule has 5 nitrogen and oxygen atoms in total. The number of sulfonamides is 1. The number of aryl methyl sites for hydroxylation is 1. The van der Waals surface area contributed by atoms with E-state index in [1.807, 2.05) is 13.0 Å². The maximum absolute atomic E-state index is 12.5. The largest absolute Gasteiger partial charge is 0.370 e. The van der Waals surface area contributed by atoms with E-state index in [9.17, 15) is 13.2 Å². The average Bonchev–Trinajstić information content (AvgIpc) is 2.28. The minimum atomic E-state index is -3.68. The summed E-state index contributed by atoms with van der Waals surface area (Å²) in [5, 5.41) is 0. The number of nitrogens with two attached hydrogens (primary N) is 1. The van der Waals surface area contributed by atoms with E-state index in [2.05, 4.69) is 20.7 Å². The van der Waals surface area contributed by atoms with Crippen molar-refractivity contribution in [2.24, 2.45) is 5.73 Å². The molecule has 0 atom stereocenters. The smallest absolute Gasteiger partial charge is 0.242 e. The molecular formula is C13H17BrN2O3S. The zero-order valence-electron chi connectivity index (χ0n) is 11.1. The molecule has 0 saturated heterocycles. The second-order valence-corrected chi connectivity index (χ2v) is 7.71. The number of hydrogen-bond donors (Lipinski definition) is 2. The molecule has 1 aromatic rings. The number of carbonyl (C=O) groups is 1. The number of rotatable bonds is 5. The number of primary amides is 1. The Morgan fingerprint density at radius 3 is 2.60 bits per heavy atom. The number of carbonyl (C=O) groups excluding carboxylic acids is 1. The molecule has 0 unspecified atom stereocenters. The van der Waals surface area contributed by atoms with Gasteiger partial charge in [-0.3, -0.25) is 4.79 Å². The van der Waals surface area contributed by atoms with Crippen LogP contribution in [0, 0.1) is 6.92 Å². The molecule has 3 N–H and O–H groups in total. The minimum Gasteiger partial charge on any atom is -0.370 e. The van der Waals surface area contributed by atoms with Crippen molar-refractivity contribution in [2.75, 3.05) is 0 Å². The van der Waals surface area contributed by atoms with Gasteiger partial charge in [0.05, 0.1) is 4.90 Å². The molecule has 1 aromatic carbocycles. The molecule has 0 radical (unpaired) electrons. The van der Waals surface area contributed by atoms with Crippen LogP contribution in [0.15, 0.2) is 27.6 Å². The topological polar surface area (TPSA) is 89.3 Å². The van der Waals surface area contributed by atoms with Gasteiger partial charge < -0.3 is 5.73 Å². The Bertz CT molecular complexity index is 639. The summed E-state index contributed by atoms with van der Waals surface area (Å²) in [5.41, 5.74) is 5.34. The van der Waals surface area contributed by atoms with Gasteiger partial charge in [0.25, 0.3) is 0 Å². The third kappa shape index (κ3) is 3.05. The molecule has 2 rings (SSSR count). The standard InChI is InChI=1S/C13H17BrN2O3S/c1-9-4-2-5-10(12(9)14)20(18,19)16-13(6-3-7-13)8-11(15)17/h2,4-5,16H,3,6-8H2,1H3,(H2,15,17). The van der Waals surface area contributed by atoms with Gasteiger partial charge in [0, 0.05) is 16.4 Å². The van der Waals surface area contributed by atoms with E-state index in [-0.39, 0.29) is 11.3 Å². The van der Waals surface area contributed by atoms with Crippen molar-refractivity contribution >= 4 is 31.9 Å². The second kappa shape index (κ2) is 5.46. The highest BCUT2D eigenvalue weighted by molar-refractivity contribution is 9.10. The lowest BCUT2D eigenvalue weighted by atomic mass is 9.75. The van der Waals surface area contributed by atoms with Gasteiger partial charge in [-0.15, -0.1) is 0 Å². The van der Waals surface area contributed by atoms with E-state index in [1.54, 1.807) is 6.07 Å². The molecular weight excluding hydrogens is 344 g/mol. The first-order valence-corrected chi connectivity index (χ1v) is 8.61. The normalized spacial score (nSPS) is 17.5. The molecule has 1 aliphatic rings. The van der Waals surface area contributed by atoms with Crippen LogP contribution < -0.4 is 10.5 Å². The van der Waals surface area contributed by atoms with E-state index in [0.717, 1.165) is 12.0 Å². The van der Waals surface area contributed by atoms with E-state index in [0.29, 0.717) is 17.3 Å². The Labute approximate surface area is 127 Å².